The molecule has 0 heterocycles. The lowest BCUT2D eigenvalue weighted by atomic mass is 9.71. The molecule has 0 aliphatic heterocycles. The first kappa shape index (κ1) is 21.6. The Morgan fingerprint density at radius 2 is 1.50 bits per heavy atom. The predicted octanol–water partition coefficient (Wildman–Crippen LogP) is 6.66. The highest BCUT2D eigenvalue weighted by molar-refractivity contribution is 5.91. The second kappa shape index (κ2) is 8.51. The highest BCUT2D eigenvalue weighted by atomic mass is 16.5. The summed E-state index contributed by atoms with van der Waals surface area (Å²) >= 11 is 0. The molecule has 0 unspecified atom stereocenters. The van der Waals surface area contributed by atoms with E-state index in [0.29, 0.717) is 5.56 Å². The van der Waals surface area contributed by atoms with Gasteiger partial charge in [-0.15, -0.1) is 0 Å². The van der Waals surface area contributed by atoms with Gasteiger partial charge in [0.15, 0.2) is 0 Å². The maximum atomic E-state index is 11.7. The number of fused-ring (bicyclic) bond motifs is 1. The summed E-state index contributed by atoms with van der Waals surface area (Å²) in [7, 11) is 3.07. The molecule has 0 aromatic heterocycles. The van der Waals surface area contributed by atoms with Crippen LogP contribution in [0.5, 0.6) is 5.75 Å². The summed E-state index contributed by atoms with van der Waals surface area (Å²) in [6, 6.07) is 22.2. The molecule has 3 heteroatoms. The fourth-order valence-corrected chi connectivity index (χ4v) is 4.26. The van der Waals surface area contributed by atoms with Gasteiger partial charge < -0.3 is 9.47 Å². The average Bonchev–Trinajstić information content (AvgIpc) is 2.83. The van der Waals surface area contributed by atoms with E-state index in [-0.39, 0.29) is 11.4 Å². The van der Waals surface area contributed by atoms with Crippen LogP contribution >= 0.6 is 0 Å². The highest BCUT2D eigenvalue weighted by Gasteiger charge is 2.29. The van der Waals surface area contributed by atoms with Crippen molar-refractivity contribution in [1.82, 2.24) is 0 Å². The number of rotatable bonds is 5. The topological polar surface area (TPSA) is 35.5 Å². The molecule has 0 saturated carbocycles. The number of ether oxygens (including phenoxy) is 2. The van der Waals surface area contributed by atoms with Crippen LogP contribution in [-0.2, 0) is 10.2 Å². The fraction of sp³-hybridized carbons (Fsp3) is 0.207. The molecule has 0 bridgehead atoms. The summed E-state index contributed by atoms with van der Waals surface area (Å²) in [6.45, 7) is 8.91. The molecule has 3 nitrogen and oxygen atoms in total. The molecule has 1 aliphatic rings. The molecule has 0 spiro atoms. The Hall–Kier alpha value is -3.59. The minimum atomic E-state index is -0.340. The molecule has 0 amide bonds. The first-order valence-corrected chi connectivity index (χ1v) is 10.7. The van der Waals surface area contributed by atoms with E-state index < -0.39 is 0 Å². The second-order valence-electron chi connectivity index (χ2n) is 8.74. The van der Waals surface area contributed by atoms with Crippen LogP contribution in [0.2, 0.25) is 0 Å². The molecule has 0 fully saturated rings. The zero-order chi connectivity index (χ0) is 22.9. The van der Waals surface area contributed by atoms with Crippen molar-refractivity contribution in [3.05, 3.63) is 113 Å². The van der Waals surface area contributed by atoms with Crippen LogP contribution in [-0.4, -0.2) is 20.2 Å². The van der Waals surface area contributed by atoms with Crippen LogP contribution < -0.4 is 4.74 Å². The van der Waals surface area contributed by atoms with Crippen molar-refractivity contribution < 1.29 is 14.3 Å². The lowest BCUT2D eigenvalue weighted by Gasteiger charge is -2.33. The normalized spacial score (nSPS) is 14.2. The molecule has 4 rings (SSSR count). The van der Waals surface area contributed by atoms with Gasteiger partial charge in [-0.3, -0.25) is 0 Å². The third-order valence-electron chi connectivity index (χ3n) is 6.26. The van der Waals surface area contributed by atoms with Gasteiger partial charge in [0.05, 0.1) is 19.8 Å². The van der Waals surface area contributed by atoms with Crippen molar-refractivity contribution in [3.63, 3.8) is 0 Å². The maximum Gasteiger partial charge on any atom is 0.337 e. The molecule has 1 aliphatic carbocycles. The molecule has 162 valence electrons. The molecule has 32 heavy (non-hydrogen) atoms. The third kappa shape index (κ3) is 3.99. The molecule has 3 aromatic carbocycles. The van der Waals surface area contributed by atoms with Gasteiger partial charge in [-0.1, -0.05) is 62.9 Å². The lowest BCUT2D eigenvalue weighted by Crippen LogP contribution is -2.22. The van der Waals surface area contributed by atoms with Crippen LogP contribution in [0.25, 0.3) is 11.1 Å². The summed E-state index contributed by atoms with van der Waals surface area (Å²) < 4.78 is 10.1. The Labute approximate surface area is 190 Å². The molecule has 3 aromatic rings. The van der Waals surface area contributed by atoms with Crippen LogP contribution in [0.15, 0.2) is 79.4 Å². The number of methoxy groups -OCH3 is 2. The van der Waals surface area contributed by atoms with Crippen molar-refractivity contribution in [1.29, 1.82) is 0 Å². The predicted molar refractivity (Wildman–Crippen MR) is 130 cm³/mol. The highest BCUT2D eigenvalue weighted by Crippen LogP contribution is 2.42. The van der Waals surface area contributed by atoms with E-state index in [1.54, 1.807) is 19.2 Å². The number of hydrogen-bond donors (Lipinski definition) is 0. The number of benzene rings is 3. The minimum Gasteiger partial charge on any atom is -0.497 e. The van der Waals surface area contributed by atoms with Crippen LogP contribution in [0, 0.1) is 0 Å². The fourth-order valence-electron chi connectivity index (χ4n) is 4.26. The van der Waals surface area contributed by atoms with Gasteiger partial charge in [0.2, 0.25) is 0 Å². The molecular weight excluding hydrogens is 396 g/mol. The lowest BCUT2D eigenvalue weighted by molar-refractivity contribution is 0.0600. The number of allylic oxidation sites excluding steroid dienone is 1. The van der Waals surface area contributed by atoms with Crippen molar-refractivity contribution in [3.8, 4) is 5.75 Å². The Morgan fingerprint density at radius 3 is 2.12 bits per heavy atom. The number of carbonyl (C=O) groups is 1. The van der Waals surface area contributed by atoms with Gasteiger partial charge in [-0.2, -0.15) is 0 Å². The molecule has 0 saturated heterocycles. The van der Waals surface area contributed by atoms with E-state index in [9.17, 15) is 4.79 Å². The molecular formula is C29H28O3. The van der Waals surface area contributed by atoms with Gasteiger partial charge in [0, 0.05) is 0 Å². The van der Waals surface area contributed by atoms with Crippen LogP contribution in [0.3, 0.4) is 0 Å². The molecule has 0 radical (unpaired) electrons. The van der Waals surface area contributed by atoms with E-state index in [1.807, 2.05) is 24.3 Å². The quantitative estimate of drug-likeness (QED) is 0.430. The van der Waals surface area contributed by atoms with Gasteiger partial charge in [0.1, 0.15) is 5.75 Å². The summed E-state index contributed by atoms with van der Waals surface area (Å²) in [6.07, 6.45) is 3.32. The van der Waals surface area contributed by atoms with Crippen molar-refractivity contribution in [2.24, 2.45) is 0 Å². The van der Waals surface area contributed by atoms with E-state index in [0.717, 1.165) is 28.9 Å². The molecule has 0 atom stereocenters. The second-order valence-corrected chi connectivity index (χ2v) is 8.74. The number of carbonyl (C=O) groups excluding carboxylic acids is 1. The van der Waals surface area contributed by atoms with Gasteiger partial charge >= 0.3 is 5.97 Å². The smallest absolute Gasteiger partial charge is 0.337 e. The van der Waals surface area contributed by atoms with Crippen LogP contribution in [0.4, 0.5) is 0 Å². The number of hydrogen-bond acceptors (Lipinski definition) is 3. The molecule has 0 N–H and O–H groups in total. The maximum absolute atomic E-state index is 11.7. The van der Waals surface area contributed by atoms with Gasteiger partial charge in [-0.25, -0.2) is 4.79 Å². The average molecular weight is 425 g/mol. The summed E-state index contributed by atoms with van der Waals surface area (Å²) in [4.78, 5) is 11.7. The van der Waals surface area contributed by atoms with E-state index in [2.05, 4.69) is 56.8 Å². The van der Waals surface area contributed by atoms with E-state index >= 15 is 0 Å². The Balaban J connectivity index is 1.73. The standard InChI is InChI=1S/C29H28O3/c1-19(20-6-8-22(9-7-20)28(30)32-5)23-12-15-27-26(18-23)25(16-17-29(27,2)3)21-10-13-24(31-4)14-11-21/h6-16,18H,1,17H2,2-5H3. The van der Waals surface area contributed by atoms with Crippen molar-refractivity contribution in [2.45, 2.75) is 25.7 Å². The Morgan fingerprint density at radius 1 is 0.875 bits per heavy atom. The van der Waals surface area contributed by atoms with E-state index in [1.165, 1.54) is 29.4 Å². The van der Waals surface area contributed by atoms with Gasteiger partial charge in [0.25, 0.3) is 0 Å². The SMILES string of the molecule is C=C(c1ccc(C(=O)OC)cc1)c1ccc2c(c1)C(c1ccc(OC)cc1)=CCC2(C)C. The zero-order valence-corrected chi connectivity index (χ0v) is 19.1. The summed E-state index contributed by atoms with van der Waals surface area (Å²) in [5, 5.41) is 0. The largest absolute Gasteiger partial charge is 0.497 e. The Bertz CT molecular complexity index is 1200. The van der Waals surface area contributed by atoms with Crippen molar-refractivity contribution in [2.75, 3.05) is 14.2 Å². The third-order valence-corrected chi connectivity index (χ3v) is 6.26. The first-order valence-electron chi connectivity index (χ1n) is 10.7. The Kier molecular flexibility index (Phi) is 5.75. The van der Waals surface area contributed by atoms with Gasteiger partial charge in [-0.05, 0) is 81.1 Å². The summed E-state index contributed by atoms with van der Waals surface area (Å²) in [5.74, 6) is 0.510. The summed E-state index contributed by atoms with van der Waals surface area (Å²) in [5.41, 5.74) is 8.52. The van der Waals surface area contributed by atoms with Crippen LogP contribution in [0.1, 0.15) is 58.4 Å². The monoisotopic (exact) mass is 424 g/mol. The van der Waals surface area contributed by atoms with Crippen molar-refractivity contribution >= 4 is 17.1 Å². The zero-order valence-electron chi connectivity index (χ0n) is 19.1. The number of esters is 1. The minimum absolute atomic E-state index is 0.0628. The first-order chi connectivity index (χ1) is 15.3. The van der Waals surface area contributed by atoms with E-state index in [4.69, 9.17) is 9.47 Å².